The van der Waals surface area contributed by atoms with Gasteiger partial charge in [0.2, 0.25) is 0 Å². The Morgan fingerprint density at radius 2 is 1.69 bits per heavy atom. The van der Waals surface area contributed by atoms with Gasteiger partial charge in [0.15, 0.2) is 0 Å². The normalized spacial score (nSPS) is 11.2. The molecule has 4 aromatic rings. The summed E-state index contributed by atoms with van der Waals surface area (Å²) in [6.45, 7) is 0. The molecule has 1 aromatic heterocycles. The van der Waals surface area contributed by atoms with Crippen LogP contribution in [-0.2, 0) is 10.0 Å². The monoisotopic (exact) mass is 470 g/mol. The summed E-state index contributed by atoms with van der Waals surface area (Å²) in [5, 5.41) is 2.74. The van der Waals surface area contributed by atoms with Crippen LogP contribution in [0.5, 0.6) is 11.5 Å². The van der Waals surface area contributed by atoms with Crippen LogP contribution in [0.1, 0.15) is 10.4 Å². The Kier molecular flexibility index (Phi) is 5.93. The lowest BCUT2D eigenvalue weighted by Crippen LogP contribution is -2.19. The van der Waals surface area contributed by atoms with E-state index in [-0.39, 0.29) is 16.1 Å². The first-order valence-electron chi connectivity index (χ1n) is 9.29. The average molecular weight is 471 g/mol. The average Bonchev–Trinajstić information content (AvgIpc) is 3.27. The molecule has 0 spiro atoms. The number of hydrogen-bond donors (Lipinski definition) is 2. The first-order valence-corrected chi connectivity index (χ1v) is 11.5. The highest BCUT2D eigenvalue weighted by Gasteiger charge is 2.20. The van der Waals surface area contributed by atoms with Crippen molar-refractivity contribution in [3.8, 4) is 11.5 Å². The fourth-order valence-corrected chi connectivity index (χ4v) is 4.61. The van der Waals surface area contributed by atoms with Gasteiger partial charge in [-0.15, -0.1) is 0 Å². The molecule has 2 N–H and O–H groups in total. The van der Waals surface area contributed by atoms with Crippen LogP contribution in [-0.4, -0.2) is 37.3 Å². The number of amides is 1. The third-order valence-corrected chi connectivity index (χ3v) is 6.53. The molecule has 4 rings (SSSR count). The number of aromatic nitrogens is 2. The van der Waals surface area contributed by atoms with E-state index < -0.39 is 15.9 Å². The van der Waals surface area contributed by atoms with Crippen LogP contribution >= 0.6 is 11.7 Å². The van der Waals surface area contributed by atoms with Crippen LogP contribution in [0.15, 0.2) is 65.6 Å². The second-order valence-corrected chi connectivity index (χ2v) is 8.80. The smallest absolute Gasteiger partial charge is 0.261 e. The van der Waals surface area contributed by atoms with Gasteiger partial charge in [-0.2, -0.15) is 8.75 Å². The van der Waals surface area contributed by atoms with Crippen molar-refractivity contribution in [2.75, 3.05) is 24.3 Å². The van der Waals surface area contributed by atoms with Crippen LogP contribution in [0, 0.1) is 0 Å². The topological polar surface area (TPSA) is 120 Å². The van der Waals surface area contributed by atoms with Gasteiger partial charge in [-0.1, -0.05) is 12.1 Å². The summed E-state index contributed by atoms with van der Waals surface area (Å²) in [5.74, 6) is 0.465. The van der Waals surface area contributed by atoms with Crippen molar-refractivity contribution in [3.05, 3.63) is 66.2 Å². The van der Waals surface area contributed by atoms with Crippen molar-refractivity contribution in [1.29, 1.82) is 0 Å². The number of para-hydroxylation sites is 1. The third-order valence-electron chi connectivity index (χ3n) is 4.61. The highest BCUT2D eigenvalue weighted by Crippen LogP contribution is 2.30. The molecule has 1 amide bonds. The maximum absolute atomic E-state index is 13.0. The second-order valence-electron chi connectivity index (χ2n) is 6.59. The van der Waals surface area contributed by atoms with Crippen molar-refractivity contribution in [2.24, 2.45) is 0 Å². The number of carbonyl (C=O) groups excluding carboxylic acids is 1. The SMILES string of the molecule is COc1ccc(NC(=O)c2ccccc2NS(=O)(=O)c2ccc3nsnc3c2)c(OC)c1. The molecule has 0 saturated heterocycles. The molecular formula is C21H18N4O5S2. The number of rotatable bonds is 7. The predicted octanol–water partition coefficient (Wildman–Crippen LogP) is 3.76. The lowest BCUT2D eigenvalue weighted by Gasteiger charge is -2.14. The lowest BCUT2D eigenvalue weighted by atomic mass is 10.1. The maximum atomic E-state index is 13.0. The molecule has 32 heavy (non-hydrogen) atoms. The standard InChI is InChI=1S/C21H18N4O5S2/c1-29-13-7-9-18(20(11-13)30-2)22-21(26)15-5-3-4-6-16(15)25-32(27,28)14-8-10-17-19(12-14)24-31-23-17/h3-12,25H,1-2H3,(H,22,26). The van der Waals surface area contributed by atoms with Gasteiger partial charge in [-0.3, -0.25) is 9.52 Å². The van der Waals surface area contributed by atoms with Gasteiger partial charge in [-0.05, 0) is 42.5 Å². The Bertz CT molecular complexity index is 1400. The molecule has 0 fully saturated rings. The first kappa shape index (κ1) is 21.5. The van der Waals surface area contributed by atoms with Gasteiger partial charge in [0.25, 0.3) is 15.9 Å². The van der Waals surface area contributed by atoms with Gasteiger partial charge in [0.05, 0.1) is 47.8 Å². The van der Waals surface area contributed by atoms with Crippen molar-refractivity contribution in [1.82, 2.24) is 8.75 Å². The molecule has 0 saturated carbocycles. The molecule has 0 aliphatic heterocycles. The zero-order chi connectivity index (χ0) is 22.7. The summed E-state index contributed by atoms with van der Waals surface area (Å²) >= 11 is 1.00. The molecule has 0 atom stereocenters. The molecule has 11 heteroatoms. The number of hydrogen-bond acceptors (Lipinski definition) is 8. The van der Waals surface area contributed by atoms with E-state index in [1.54, 1.807) is 36.4 Å². The van der Waals surface area contributed by atoms with Crippen molar-refractivity contribution < 1.29 is 22.7 Å². The molecule has 0 unspecified atom stereocenters. The van der Waals surface area contributed by atoms with Crippen LogP contribution in [0.3, 0.4) is 0 Å². The Labute approximate surface area is 188 Å². The van der Waals surface area contributed by atoms with Crippen LogP contribution in [0.4, 0.5) is 11.4 Å². The minimum absolute atomic E-state index is 0.0183. The number of carbonyl (C=O) groups is 1. The molecule has 3 aromatic carbocycles. The summed E-state index contributed by atoms with van der Waals surface area (Å²) in [7, 11) is -0.968. The number of nitrogens with one attached hydrogen (secondary N) is 2. The van der Waals surface area contributed by atoms with Crippen LogP contribution < -0.4 is 19.5 Å². The fourth-order valence-electron chi connectivity index (χ4n) is 2.99. The molecule has 0 aliphatic rings. The highest BCUT2D eigenvalue weighted by atomic mass is 32.2. The highest BCUT2D eigenvalue weighted by molar-refractivity contribution is 7.92. The summed E-state index contributed by atoms with van der Waals surface area (Å²) in [4.78, 5) is 13.0. The molecule has 9 nitrogen and oxygen atoms in total. The van der Waals surface area contributed by atoms with Gasteiger partial charge in [0, 0.05) is 6.07 Å². The Hall–Kier alpha value is -3.70. The van der Waals surface area contributed by atoms with E-state index in [2.05, 4.69) is 18.8 Å². The molecular weight excluding hydrogens is 452 g/mol. The molecule has 0 bridgehead atoms. The zero-order valence-corrected chi connectivity index (χ0v) is 18.7. The van der Waals surface area contributed by atoms with Crippen LogP contribution in [0.2, 0.25) is 0 Å². The minimum atomic E-state index is -3.97. The third kappa shape index (κ3) is 4.34. The zero-order valence-electron chi connectivity index (χ0n) is 17.0. The largest absolute Gasteiger partial charge is 0.497 e. The predicted molar refractivity (Wildman–Crippen MR) is 122 cm³/mol. The first-order chi connectivity index (χ1) is 15.4. The number of methoxy groups -OCH3 is 2. The maximum Gasteiger partial charge on any atom is 0.261 e. The fraction of sp³-hybridized carbons (Fsp3) is 0.0952. The van der Waals surface area contributed by atoms with Gasteiger partial charge < -0.3 is 14.8 Å². The van der Waals surface area contributed by atoms with Crippen molar-refractivity contribution in [2.45, 2.75) is 4.90 Å². The Morgan fingerprint density at radius 3 is 2.47 bits per heavy atom. The quantitative estimate of drug-likeness (QED) is 0.422. The summed E-state index contributed by atoms with van der Waals surface area (Å²) in [5.41, 5.74) is 1.79. The van der Waals surface area contributed by atoms with E-state index in [4.69, 9.17) is 9.47 Å². The van der Waals surface area contributed by atoms with E-state index in [0.717, 1.165) is 11.7 Å². The number of benzene rings is 3. The number of sulfonamides is 1. The van der Waals surface area contributed by atoms with E-state index in [9.17, 15) is 13.2 Å². The summed E-state index contributed by atoms with van der Waals surface area (Å²) in [6.07, 6.45) is 0. The molecule has 0 aliphatic carbocycles. The number of anilines is 2. The van der Waals surface area contributed by atoms with Crippen molar-refractivity contribution >= 4 is 50.1 Å². The van der Waals surface area contributed by atoms with Gasteiger partial charge in [-0.25, -0.2) is 8.42 Å². The second kappa shape index (κ2) is 8.81. The van der Waals surface area contributed by atoms with E-state index in [0.29, 0.717) is 28.2 Å². The number of fused-ring (bicyclic) bond motifs is 1. The Morgan fingerprint density at radius 1 is 0.906 bits per heavy atom. The number of ether oxygens (including phenoxy) is 2. The number of nitrogens with zero attached hydrogens (tertiary/aromatic N) is 2. The van der Waals surface area contributed by atoms with Gasteiger partial charge in [0.1, 0.15) is 22.5 Å². The van der Waals surface area contributed by atoms with E-state index >= 15 is 0 Å². The van der Waals surface area contributed by atoms with E-state index in [1.807, 2.05) is 0 Å². The van der Waals surface area contributed by atoms with E-state index in [1.165, 1.54) is 38.5 Å². The van der Waals surface area contributed by atoms with Crippen molar-refractivity contribution in [3.63, 3.8) is 0 Å². The molecule has 0 radical (unpaired) electrons. The molecule has 164 valence electrons. The summed E-state index contributed by atoms with van der Waals surface area (Å²) < 4.78 is 47.0. The van der Waals surface area contributed by atoms with Crippen LogP contribution in [0.25, 0.3) is 11.0 Å². The minimum Gasteiger partial charge on any atom is -0.497 e. The lowest BCUT2D eigenvalue weighted by molar-refractivity contribution is 0.102. The Balaban J connectivity index is 1.62. The van der Waals surface area contributed by atoms with Gasteiger partial charge >= 0.3 is 0 Å². The molecule has 1 heterocycles. The summed E-state index contributed by atoms with van der Waals surface area (Å²) in [6, 6.07) is 15.7.